The zero-order valence-corrected chi connectivity index (χ0v) is 38.2. The Morgan fingerprint density at radius 2 is 0.588 bits per heavy atom. The molecule has 0 saturated carbocycles. The summed E-state index contributed by atoms with van der Waals surface area (Å²) >= 11 is 3.44. The van der Waals surface area contributed by atoms with Crippen molar-refractivity contribution >= 4 is 63.3 Å². The molecule has 9 aromatic carbocycles. The van der Waals surface area contributed by atoms with Crippen molar-refractivity contribution in [3.8, 4) is 89.8 Å². The first-order chi connectivity index (χ1) is 33.7. The van der Waals surface area contributed by atoms with Gasteiger partial charge in [0.1, 0.15) is 9.66 Å². The summed E-state index contributed by atoms with van der Waals surface area (Å²) in [5, 5.41) is 4.47. The molecule has 68 heavy (non-hydrogen) atoms. The van der Waals surface area contributed by atoms with Gasteiger partial charge in [-0.3, -0.25) is 0 Å². The van der Waals surface area contributed by atoms with E-state index in [1.807, 2.05) is 6.07 Å². The summed E-state index contributed by atoms with van der Waals surface area (Å²) in [7, 11) is 0. The smallest absolute Gasteiger partial charge is 0.162 e. The lowest BCUT2D eigenvalue weighted by atomic mass is 9.88. The van der Waals surface area contributed by atoms with Gasteiger partial charge in [0.15, 0.2) is 11.6 Å². The Morgan fingerprint density at radius 3 is 1.13 bits per heavy atom. The van der Waals surface area contributed by atoms with Gasteiger partial charge < -0.3 is 0 Å². The van der Waals surface area contributed by atoms with Crippen molar-refractivity contribution in [3.63, 3.8) is 0 Å². The van der Waals surface area contributed by atoms with E-state index in [1.54, 1.807) is 22.7 Å². The number of hydrogen-bond donors (Lipinski definition) is 0. The molecule has 0 aliphatic rings. The monoisotopic (exact) mass is 902 g/mol. The molecule has 0 spiro atoms. The molecule has 0 aliphatic heterocycles. The van der Waals surface area contributed by atoms with Crippen LogP contribution in [0, 0.1) is 0 Å². The highest BCUT2D eigenvalue weighted by Gasteiger charge is 2.23. The minimum Gasteiger partial charge on any atom is -0.227 e. The van der Waals surface area contributed by atoms with E-state index in [0.717, 1.165) is 87.3 Å². The van der Waals surface area contributed by atoms with E-state index in [9.17, 15) is 0 Å². The molecule has 4 heterocycles. The van der Waals surface area contributed by atoms with Gasteiger partial charge in [0.25, 0.3) is 0 Å². The van der Waals surface area contributed by atoms with Gasteiger partial charge in [-0.1, -0.05) is 218 Å². The molecule has 318 valence electrons. The molecule has 0 N–H and O–H groups in total. The van der Waals surface area contributed by atoms with Crippen molar-refractivity contribution in [2.24, 2.45) is 0 Å². The van der Waals surface area contributed by atoms with Gasteiger partial charge in [-0.25, -0.2) is 19.9 Å². The van der Waals surface area contributed by atoms with Crippen molar-refractivity contribution in [3.05, 3.63) is 231 Å². The van der Waals surface area contributed by atoms with Gasteiger partial charge in [-0.15, -0.1) is 22.7 Å². The molecule has 0 fully saturated rings. The van der Waals surface area contributed by atoms with Crippen LogP contribution in [0.5, 0.6) is 0 Å². The Morgan fingerprint density at radius 1 is 0.235 bits per heavy atom. The summed E-state index contributed by atoms with van der Waals surface area (Å²) in [5.74, 6) is 1.39. The zero-order chi connectivity index (χ0) is 45.0. The molecule has 0 atom stereocenters. The number of hydrogen-bond acceptors (Lipinski definition) is 6. The molecule has 0 saturated heterocycles. The standard InChI is InChI=1S/C62H38N4S2/c1-3-17-39(18-4-1)41-31-35-43(36-32-41)57-55-51-27-13-15-29-53(51)67-61(55)66-60(63-57)50-26-12-10-24-48(50)46-22-8-7-21-45(46)47-23-9-11-25-49(47)58-56-52-28-14-16-30-54(52)68-62(56)65-59(64-58)44-37-33-42(34-38-44)40-19-5-2-6-20-40/h1-38H. The van der Waals surface area contributed by atoms with Crippen LogP contribution in [0.15, 0.2) is 231 Å². The second kappa shape index (κ2) is 16.8. The molecular formula is C62H38N4S2. The van der Waals surface area contributed by atoms with E-state index in [4.69, 9.17) is 19.9 Å². The van der Waals surface area contributed by atoms with E-state index in [1.165, 1.54) is 31.5 Å². The fourth-order valence-electron chi connectivity index (χ4n) is 9.58. The van der Waals surface area contributed by atoms with Crippen LogP contribution in [0.25, 0.3) is 130 Å². The highest BCUT2D eigenvalue weighted by molar-refractivity contribution is 7.26. The Labute approximate surface area is 401 Å². The summed E-state index contributed by atoms with van der Waals surface area (Å²) in [4.78, 5) is 23.6. The van der Waals surface area contributed by atoms with Crippen LogP contribution in [-0.2, 0) is 0 Å². The second-order valence-electron chi connectivity index (χ2n) is 16.9. The number of aromatic nitrogens is 4. The predicted molar refractivity (Wildman–Crippen MR) is 287 cm³/mol. The lowest BCUT2D eigenvalue weighted by Crippen LogP contribution is -1.97. The first-order valence-corrected chi connectivity index (χ1v) is 24.3. The molecule has 13 rings (SSSR count). The van der Waals surface area contributed by atoms with Gasteiger partial charge in [0, 0.05) is 53.2 Å². The van der Waals surface area contributed by atoms with Gasteiger partial charge in [-0.2, -0.15) is 0 Å². The molecule has 4 aromatic heterocycles. The predicted octanol–water partition coefficient (Wildman–Crippen LogP) is 17.3. The van der Waals surface area contributed by atoms with E-state index >= 15 is 0 Å². The second-order valence-corrected chi connectivity index (χ2v) is 18.9. The van der Waals surface area contributed by atoms with Gasteiger partial charge in [0.05, 0.1) is 11.4 Å². The van der Waals surface area contributed by atoms with Crippen LogP contribution < -0.4 is 0 Å². The van der Waals surface area contributed by atoms with Gasteiger partial charge in [-0.05, 0) is 56.6 Å². The number of rotatable bonds is 8. The lowest BCUT2D eigenvalue weighted by molar-refractivity contribution is 1.24. The Kier molecular flexibility index (Phi) is 9.85. The molecule has 0 radical (unpaired) electrons. The molecule has 0 amide bonds. The van der Waals surface area contributed by atoms with E-state index in [-0.39, 0.29) is 0 Å². The topological polar surface area (TPSA) is 51.6 Å². The Hall–Kier alpha value is -8.42. The van der Waals surface area contributed by atoms with E-state index in [2.05, 4.69) is 224 Å². The normalized spacial score (nSPS) is 11.5. The summed E-state index contributed by atoms with van der Waals surface area (Å²) in [6.07, 6.45) is 0. The van der Waals surface area contributed by atoms with Crippen molar-refractivity contribution < 1.29 is 0 Å². The summed E-state index contributed by atoms with van der Waals surface area (Å²) < 4.78 is 2.37. The number of thiophene rings is 2. The zero-order valence-electron chi connectivity index (χ0n) is 36.5. The highest BCUT2D eigenvalue weighted by atomic mass is 32.1. The average molecular weight is 903 g/mol. The SMILES string of the molecule is c1ccc(-c2ccc(-c3nc(-c4ccccc4-c4ccccc4-c4ccccc4-c4nc(-c5ccc(-c6ccccc6)cc5)c5c(n4)sc4ccccc45)c4c(n3)sc3ccccc34)cc2)cc1. The Balaban J connectivity index is 0.973. The fourth-order valence-corrected chi connectivity index (χ4v) is 11.7. The Bertz CT molecular complexity index is 4010. The quantitative estimate of drug-likeness (QED) is 0.152. The third-order valence-corrected chi connectivity index (χ3v) is 15.0. The van der Waals surface area contributed by atoms with Crippen LogP contribution in [0.3, 0.4) is 0 Å². The lowest BCUT2D eigenvalue weighted by Gasteiger charge is -2.17. The number of fused-ring (bicyclic) bond motifs is 6. The van der Waals surface area contributed by atoms with Crippen molar-refractivity contribution in [2.75, 3.05) is 0 Å². The first kappa shape index (κ1) is 39.9. The maximum atomic E-state index is 5.52. The molecule has 0 aliphatic carbocycles. The van der Waals surface area contributed by atoms with E-state index < -0.39 is 0 Å². The third-order valence-electron chi connectivity index (χ3n) is 12.9. The van der Waals surface area contributed by atoms with Crippen molar-refractivity contribution in [1.29, 1.82) is 0 Å². The summed E-state index contributed by atoms with van der Waals surface area (Å²) in [6, 6.07) is 81.5. The molecule has 6 heteroatoms. The third kappa shape index (κ3) is 6.97. The van der Waals surface area contributed by atoms with Crippen LogP contribution in [0.2, 0.25) is 0 Å². The summed E-state index contributed by atoms with van der Waals surface area (Å²) in [5.41, 5.74) is 14.9. The maximum absolute atomic E-state index is 5.52. The molecule has 0 unspecified atom stereocenters. The molecule has 13 aromatic rings. The van der Waals surface area contributed by atoms with Crippen LogP contribution in [-0.4, -0.2) is 19.9 Å². The van der Waals surface area contributed by atoms with Crippen LogP contribution in [0.4, 0.5) is 0 Å². The average Bonchev–Trinajstić information content (AvgIpc) is 4.00. The number of nitrogens with zero attached hydrogens (tertiary/aromatic N) is 4. The van der Waals surface area contributed by atoms with Gasteiger partial charge in [0.2, 0.25) is 0 Å². The fraction of sp³-hybridized carbons (Fsp3) is 0. The van der Waals surface area contributed by atoms with Crippen molar-refractivity contribution in [2.45, 2.75) is 0 Å². The highest BCUT2D eigenvalue weighted by Crippen LogP contribution is 2.46. The summed E-state index contributed by atoms with van der Waals surface area (Å²) in [6.45, 7) is 0. The van der Waals surface area contributed by atoms with Crippen LogP contribution in [0.1, 0.15) is 0 Å². The minimum absolute atomic E-state index is 0.690. The van der Waals surface area contributed by atoms with Gasteiger partial charge >= 0.3 is 0 Å². The van der Waals surface area contributed by atoms with E-state index in [0.29, 0.717) is 11.6 Å². The largest absolute Gasteiger partial charge is 0.227 e. The first-order valence-electron chi connectivity index (χ1n) is 22.7. The minimum atomic E-state index is 0.690. The van der Waals surface area contributed by atoms with Crippen molar-refractivity contribution in [1.82, 2.24) is 19.9 Å². The molecule has 0 bridgehead atoms. The molecule has 4 nitrogen and oxygen atoms in total. The molecular weight excluding hydrogens is 865 g/mol. The number of benzene rings is 9. The van der Waals surface area contributed by atoms with Crippen LogP contribution >= 0.6 is 22.7 Å². The maximum Gasteiger partial charge on any atom is 0.162 e.